The van der Waals surface area contributed by atoms with Crippen LogP contribution in [-0.2, 0) is 4.52 Å². The number of fused-ring (bicyclic) bond motifs is 1. The SMILES string of the molecule is CC(C)COP1Oc2ccccc2O1. The van der Waals surface area contributed by atoms with E-state index in [4.69, 9.17) is 13.6 Å². The molecule has 0 atom stereocenters. The molecule has 4 heteroatoms. The Kier molecular flexibility index (Phi) is 2.90. The summed E-state index contributed by atoms with van der Waals surface area (Å²) in [6, 6.07) is 7.61. The molecule has 2 rings (SSSR count). The molecule has 0 fully saturated rings. The van der Waals surface area contributed by atoms with E-state index in [0.717, 1.165) is 11.5 Å². The van der Waals surface area contributed by atoms with Gasteiger partial charge in [-0.15, -0.1) is 0 Å². The molecule has 0 amide bonds. The first-order chi connectivity index (χ1) is 6.75. The fourth-order valence-electron chi connectivity index (χ4n) is 1.04. The molecule has 0 N–H and O–H groups in total. The Morgan fingerprint density at radius 1 is 1.21 bits per heavy atom. The van der Waals surface area contributed by atoms with Crippen molar-refractivity contribution in [2.75, 3.05) is 6.61 Å². The van der Waals surface area contributed by atoms with Gasteiger partial charge in [-0.05, 0) is 18.1 Å². The van der Waals surface area contributed by atoms with Crippen LogP contribution in [-0.4, -0.2) is 6.61 Å². The van der Waals surface area contributed by atoms with Crippen LogP contribution in [0.15, 0.2) is 24.3 Å². The molecular weight excluding hydrogens is 199 g/mol. The molecule has 0 saturated carbocycles. The van der Waals surface area contributed by atoms with Crippen LogP contribution in [0.3, 0.4) is 0 Å². The van der Waals surface area contributed by atoms with Crippen LogP contribution >= 0.6 is 8.60 Å². The van der Waals surface area contributed by atoms with Crippen molar-refractivity contribution in [2.24, 2.45) is 5.92 Å². The summed E-state index contributed by atoms with van der Waals surface area (Å²) in [7, 11) is -1.20. The van der Waals surface area contributed by atoms with Crippen LogP contribution in [0.2, 0.25) is 0 Å². The maximum atomic E-state index is 5.48. The fraction of sp³-hybridized carbons (Fsp3) is 0.400. The highest BCUT2D eigenvalue weighted by molar-refractivity contribution is 7.43. The Morgan fingerprint density at radius 3 is 2.29 bits per heavy atom. The first-order valence-electron chi connectivity index (χ1n) is 4.63. The molecule has 0 spiro atoms. The summed E-state index contributed by atoms with van der Waals surface area (Å²) in [5.41, 5.74) is 0. The van der Waals surface area contributed by atoms with Gasteiger partial charge in [-0.25, -0.2) is 0 Å². The highest BCUT2D eigenvalue weighted by Crippen LogP contribution is 2.52. The number of para-hydroxylation sites is 2. The van der Waals surface area contributed by atoms with Gasteiger partial charge in [0, 0.05) is 0 Å². The average Bonchev–Trinajstić information content (AvgIpc) is 2.57. The smallest absolute Gasteiger partial charge is 0.414 e. The van der Waals surface area contributed by atoms with E-state index in [9.17, 15) is 0 Å². The van der Waals surface area contributed by atoms with E-state index in [0.29, 0.717) is 12.5 Å². The first kappa shape index (κ1) is 9.75. The van der Waals surface area contributed by atoms with Gasteiger partial charge in [-0.1, -0.05) is 26.0 Å². The van der Waals surface area contributed by atoms with Crippen molar-refractivity contribution >= 4 is 8.60 Å². The second kappa shape index (κ2) is 4.16. The average molecular weight is 212 g/mol. The summed E-state index contributed by atoms with van der Waals surface area (Å²) in [6.07, 6.45) is 0. The van der Waals surface area contributed by atoms with Gasteiger partial charge in [0.05, 0.1) is 6.61 Å². The lowest BCUT2D eigenvalue weighted by molar-refractivity contribution is 0.247. The van der Waals surface area contributed by atoms with E-state index in [-0.39, 0.29) is 0 Å². The Labute approximate surface area is 85.0 Å². The summed E-state index contributed by atoms with van der Waals surface area (Å²) < 4.78 is 16.4. The van der Waals surface area contributed by atoms with Gasteiger partial charge < -0.3 is 9.05 Å². The van der Waals surface area contributed by atoms with Crippen molar-refractivity contribution in [3.63, 3.8) is 0 Å². The van der Waals surface area contributed by atoms with E-state index in [1.54, 1.807) is 0 Å². The van der Waals surface area contributed by atoms with Crippen molar-refractivity contribution in [1.29, 1.82) is 0 Å². The van der Waals surface area contributed by atoms with Crippen molar-refractivity contribution in [3.05, 3.63) is 24.3 Å². The molecule has 76 valence electrons. The zero-order valence-corrected chi connectivity index (χ0v) is 9.16. The van der Waals surface area contributed by atoms with Gasteiger partial charge in [0.15, 0.2) is 11.5 Å². The van der Waals surface area contributed by atoms with Crippen LogP contribution in [0.4, 0.5) is 0 Å². The molecule has 0 aliphatic carbocycles. The van der Waals surface area contributed by atoms with Crippen LogP contribution in [0.1, 0.15) is 13.8 Å². The highest BCUT2D eigenvalue weighted by atomic mass is 31.2. The first-order valence-corrected chi connectivity index (χ1v) is 5.73. The third-order valence-corrected chi connectivity index (χ3v) is 2.76. The number of benzene rings is 1. The predicted octanol–water partition coefficient (Wildman–Crippen LogP) is 3.36. The third-order valence-electron chi connectivity index (χ3n) is 1.71. The zero-order chi connectivity index (χ0) is 9.97. The van der Waals surface area contributed by atoms with Gasteiger partial charge in [-0.2, -0.15) is 0 Å². The van der Waals surface area contributed by atoms with E-state index in [1.807, 2.05) is 24.3 Å². The Balaban J connectivity index is 1.92. The molecule has 1 aliphatic rings. The Hall–Kier alpha value is -0.790. The molecule has 0 aromatic heterocycles. The number of hydrogen-bond acceptors (Lipinski definition) is 3. The van der Waals surface area contributed by atoms with Crippen molar-refractivity contribution in [3.8, 4) is 11.5 Å². The van der Waals surface area contributed by atoms with Gasteiger partial charge in [-0.3, -0.25) is 4.52 Å². The summed E-state index contributed by atoms with van der Waals surface area (Å²) >= 11 is 0. The molecule has 0 saturated heterocycles. The van der Waals surface area contributed by atoms with Crippen LogP contribution in [0.5, 0.6) is 11.5 Å². The minimum absolute atomic E-state index is 0.494. The monoisotopic (exact) mass is 212 g/mol. The highest BCUT2D eigenvalue weighted by Gasteiger charge is 2.27. The molecule has 0 radical (unpaired) electrons. The van der Waals surface area contributed by atoms with Gasteiger partial charge in [0.2, 0.25) is 0 Å². The van der Waals surface area contributed by atoms with E-state index >= 15 is 0 Å². The van der Waals surface area contributed by atoms with Crippen molar-refractivity contribution < 1.29 is 13.6 Å². The summed E-state index contributed by atoms with van der Waals surface area (Å²) in [4.78, 5) is 0. The van der Waals surface area contributed by atoms with Crippen LogP contribution < -0.4 is 9.05 Å². The van der Waals surface area contributed by atoms with Crippen molar-refractivity contribution in [1.82, 2.24) is 0 Å². The Bertz CT molecular complexity index is 289. The maximum absolute atomic E-state index is 5.48. The second-order valence-electron chi connectivity index (χ2n) is 3.54. The Morgan fingerprint density at radius 2 is 1.79 bits per heavy atom. The molecule has 0 bridgehead atoms. The summed E-state index contributed by atoms with van der Waals surface area (Å²) in [5.74, 6) is 2.05. The molecule has 1 aliphatic heterocycles. The van der Waals surface area contributed by atoms with Crippen LogP contribution in [0, 0.1) is 5.92 Å². The lowest BCUT2D eigenvalue weighted by Crippen LogP contribution is -2.00. The zero-order valence-electron chi connectivity index (χ0n) is 8.27. The topological polar surface area (TPSA) is 27.7 Å². The minimum Gasteiger partial charge on any atom is -0.414 e. The van der Waals surface area contributed by atoms with Gasteiger partial charge in [0.1, 0.15) is 0 Å². The normalized spacial score (nSPS) is 15.1. The summed E-state index contributed by atoms with van der Waals surface area (Å²) in [6.45, 7) is 4.86. The van der Waals surface area contributed by atoms with Crippen LogP contribution in [0.25, 0.3) is 0 Å². The molecule has 3 nitrogen and oxygen atoms in total. The largest absolute Gasteiger partial charge is 0.463 e. The van der Waals surface area contributed by atoms with E-state index < -0.39 is 8.60 Å². The maximum Gasteiger partial charge on any atom is 0.463 e. The number of rotatable bonds is 3. The molecule has 1 aromatic rings. The fourth-order valence-corrected chi connectivity index (χ4v) is 2.23. The van der Waals surface area contributed by atoms with Crippen molar-refractivity contribution in [2.45, 2.75) is 13.8 Å². The molecule has 1 heterocycles. The van der Waals surface area contributed by atoms with Gasteiger partial charge >= 0.3 is 8.60 Å². The lowest BCUT2D eigenvalue weighted by atomic mass is 10.2. The molecular formula is C10H13O3P. The summed E-state index contributed by atoms with van der Waals surface area (Å²) in [5, 5.41) is 0. The lowest BCUT2D eigenvalue weighted by Gasteiger charge is -2.09. The predicted molar refractivity (Wildman–Crippen MR) is 55.4 cm³/mol. The van der Waals surface area contributed by atoms with Gasteiger partial charge in [0.25, 0.3) is 0 Å². The quantitative estimate of drug-likeness (QED) is 0.719. The second-order valence-corrected chi connectivity index (χ2v) is 4.61. The molecule has 14 heavy (non-hydrogen) atoms. The third kappa shape index (κ3) is 2.17. The number of hydrogen-bond donors (Lipinski definition) is 0. The van der Waals surface area contributed by atoms with E-state index in [1.165, 1.54) is 0 Å². The molecule has 0 unspecified atom stereocenters. The molecule has 1 aromatic carbocycles. The minimum atomic E-state index is -1.20. The standard InChI is InChI=1S/C10H13O3P/c1-8(2)7-11-14-12-9-5-3-4-6-10(9)13-14/h3-6,8H,7H2,1-2H3. The van der Waals surface area contributed by atoms with E-state index in [2.05, 4.69) is 13.8 Å².